The Balaban J connectivity index is 2.02. The molecule has 0 aliphatic rings. The van der Waals surface area contributed by atoms with Crippen molar-refractivity contribution >= 4 is 11.6 Å². The van der Waals surface area contributed by atoms with E-state index in [9.17, 15) is 18.0 Å². The maximum atomic E-state index is 13.6. The molecule has 3 rings (SSSR count). The van der Waals surface area contributed by atoms with Gasteiger partial charge < -0.3 is 5.32 Å². The van der Waals surface area contributed by atoms with Gasteiger partial charge in [0.2, 0.25) is 0 Å². The Kier molecular flexibility index (Phi) is 4.31. The Morgan fingerprint density at radius 3 is 2.44 bits per heavy atom. The minimum atomic E-state index is -4.73. The molecule has 3 aromatic rings. The van der Waals surface area contributed by atoms with E-state index in [0.29, 0.717) is 5.69 Å². The highest BCUT2D eigenvalue weighted by atomic mass is 19.4. The van der Waals surface area contributed by atoms with Crippen molar-refractivity contribution in [1.29, 1.82) is 0 Å². The summed E-state index contributed by atoms with van der Waals surface area (Å²) >= 11 is 0. The van der Waals surface area contributed by atoms with Crippen LogP contribution < -0.4 is 5.32 Å². The Hall–Kier alpha value is -3.09. The number of halogens is 3. The van der Waals surface area contributed by atoms with E-state index in [1.165, 1.54) is 12.1 Å². The number of hydrogen-bond acceptors (Lipinski definition) is 2. The quantitative estimate of drug-likeness (QED) is 0.762. The number of rotatable bonds is 3. The zero-order chi connectivity index (χ0) is 18.0. The lowest BCUT2D eigenvalue weighted by Crippen LogP contribution is -2.20. The van der Waals surface area contributed by atoms with Crippen molar-refractivity contribution in [3.05, 3.63) is 77.6 Å². The van der Waals surface area contributed by atoms with Crippen molar-refractivity contribution < 1.29 is 18.0 Å². The molecule has 0 radical (unpaired) electrons. The number of benzene rings is 2. The molecule has 0 saturated carbocycles. The average molecular weight is 345 g/mol. The second-order valence-electron chi connectivity index (χ2n) is 5.48. The third kappa shape index (κ3) is 3.55. The van der Waals surface area contributed by atoms with Gasteiger partial charge >= 0.3 is 6.18 Å². The normalized spacial score (nSPS) is 11.4. The van der Waals surface area contributed by atoms with Gasteiger partial charge in [-0.3, -0.25) is 4.79 Å². The van der Waals surface area contributed by atoms with Crippen LogP contribution in [0.4, 0.5) is 18.9 Å². The molecule has 0 spiro atoms. The van der Waals surface area contributed by atoms with Crippen LogP contribution in [0.25, 0.3) is 5.69 Å². The molecule has 0 atom stereocenters. The molecular weight excluding hydrogens is 331 g/mol. The highest BCUT2D eigenvalue weighted by Crippen LogP contribution is 2.34. The number of anilines is 1. The smallest absolute Gasteiger partial charge is 0.322 e. The van der Waals surface area contributed by atoms with Crippen LogP contribution in [0.5, 0.6) is 0 Å². The predicted molar refractivity (Wildman–Crippen MR) is 87.7 cm³/mol. The molecule has 1 aromatic heterocycles. The standard InChI is InChI=1S/C18H14F3N3O/c1-12-6-5-7-13(10-12)23-17(25)15-11-22-24(16(15)18(19,20)21)14-8-3-2-4-9-14/h2-11H,1H3,(H,23,25). The summed E-state index contributed by atoms with van der Waals surface area (Å²) in [6.07, 6.45) is -3.80. The number of carbonyl (C=O) groups excluding carboxylic acids is 1. The van der Waals surface area contributed by atoms with E-state index in [4.69, 9.17) is 0 Å². The molecule has 0 unspecified atom stereocenters. The molecule has 1 heterocycles. The van der Waals surface area contributed by atoms with E-state index >= 15 is 0 Å². The molecular formula is C18H14F3N3O. The lowest BCUT2D eigenvalue weighted by Gasteiger charge is -2.13. The maximum absolute atomic E-state index is 13.6. The van der Waals surface area contributed by atoms with Gasteiger partial charge in [0.05, 0.1) is 17.4 Å². The number of hydrogen-bond donors (Lipinski definition) is 1. The zero-order valence-electron chi connectivity index (χ0n) is 13.2. The number of alkyl halides is 3. The number of nitrogens with one attached hydrogen (secondary N) is 1. The van der Waals surface area contributed by atoms with Gasteiger partial charge in [-0.05, 0) is 36.8 Å². The van der Waals surface area contributed by atoms with Gasteiger partial charge in [-0.1, -0.05) is 30.3 Å². The van der Waals surface area contributed by atoms with E-state index in [1.807, 2.05) is 13.0 Å². The third-order valence-corrected chi connectivity index (χ3v) is 3.56. The first-order valence-electron chi connectivity index (χ1n) is 7.45. The number of aryl methyl sites for hydroxylation is 1. The van der Waals surface area contributed by atoms with Gasteiger partial charge in [0.25, 0.3) is 5.91 Å². The summed E-state index contributed by atoms with van der Waals surface area (Å²) in [5.41, 5.74) is -0.106. The molecule has 0 bridgehead atoms. The van der Waals surface area contributed by atoms with E-state index in [1.54, 1.807) is 36.4 Å². The fourth-order valence-corrected chi connectivity index (χ4v) is 2.47. The minimum Gasteiger partial charge on any atom is -0.322 e. The molecule has 0 saturated heterocycles. The molecule has 2 aromatic carbocycles. The topological polar surface area (TPSA) is 46.9 Å². The van der Waals surface area contributed by atoms with E-state index in [-0.39, 0.29) is 5.69 Å². The van der Waals surface area contributed by atoms with E-state index < -0.39 is 23.3 Å². The maximum Gasteiger partial charge on any atom is 0.434 e. The minimum absolute atomic E-state index is 0.226. The number of aromatic nitrogens is 2. The molecule has 0 fully saturated rings. The molecule has 0 aliphatic carbocycles. The van der Waals surface area contributed by atoms with Crippen LogP contribution in [0.1, 0.15) is 21.6 Å². The van der Waals surface area contributed by atoms with Crippen LogP contribution >= 0.6 is 0 Å². The Morgan fingerprint density at radius 1 is 1.08 bits per heavy atom. The predicted octanol–water partition coefficient (Wildman–Crippen LogP) is 4.45. The summed E-state index contributed by atoms with van der Waals surface area (Å²) in [6, 6.07) is 14.7. The number of para-hydroxylation sites is 1. The molecule has 7 heteroatoms. The first-order valence-corrected chi connectivity index (χ1v) is 7.45. The van der Waals surface area contributed by atoms with Crippen molar-refractivity contribution in [2.24, 2.45) is 0 Å². The first kappa shape index (κ1) is 16.8. The van der Waals surface area contributed by atoms with Crippen LogP contribution in [0.3, 0.4) is 0 Å². The van der Waals surface area contributed by atoms with Gasteiger partial charge in [-0.2, -0.15) is 18.3 Å². The second kappa shape index (κ2) is 6.43. The summed E-state index contributed by atoms with van der Waals surface area (Å²) in [4.78, 5) is 12.4. The first-order chi connectivity index (χ1) is 11.9. The van der Waals surface area contributed by atoms with E-state index in [2.05, 4.69) is 10.4 Å². The monoisotopic (exact) mass is 345 g/mol. The van der Waals surface area contributed by atoms with Crippen molar-refractivity contribution in [3.63, 3.8) is 0 Å². The van der Waals surface area contributed by atoms with Gasteiger partial charge in [0.1, 0.15) is 0 Å². The molecule has 0 aliphatic heterocycles. The van der Waals surface area contributed by atoms with Gasteiger partial charge in [0.15, 0.2) is 5.69 Å². The molecule has 25 heavy (non-hydrogen) atoms. The summed E-state index contributed by atoms with van der Waals surface area (Å²) < 4.78 is 41.4. The average Bonchev–Trinajstić information content (AvgIpc) is 3.01. The van der Waals surface area contributed by atoms with Crippen LogP contribution in [-0.4, -0.2) is 15.7 Å². The fraction of sp³-hybridized carbons (Fsp3) is 0.111. The highest BCUT2D eigenvalue weighted by molar-refractivity contribution is 6.05. The number of amides is 1. The molecule has 1 amide bonds. The third-order valence-electron chi connectivity index (χ3n) is 3.56. The van der Waals surface area contributed by atoms with Gasteiger partial charge in [-0.15, -0.1) is 0 Å². The number of carbonyl (C=O) groups is 1. The van der Waals surface area contributed by atoms with Gasteiger partial charge in [-0.25, -0.2) is 4.68 Å². The van der Waals surface area contributed by atoms with Crippen molar-refractivity contribution in [1.82, 2.24) is 9.78 Å². The Bertz CT molecular complexity index is 901. The van der Waals surface area contributed by atoms with Crippen LogP contribution in [0.15, 0.2) is 60.8 Å². The number of nitrogens with zero attached hydrogens (tertiary/aromatic N) is 2. The largest absolute Gasteiger partial charge is 0.434 e. The summed E-state index contributed by atoms with van der Waals surface area (Å²) in [5.74, 6) is -0.861. The van der Waals surface area contributed by atoms with Crippen LogP contribution in [0.2, 0.25) is 0 Å². The van der Waals surface area contributed by atoms with Crippen LogP contribution in [-0.2, 0) is 6.18 Å². The SMILES string of the molecule is Cc1cccc(NC(=O)c2cnn(-c3ccccc3)c2C(F)(F)F)c1. The van der Waals surface area contributed by atoms with Crippen molar-refractivity contribution in [3.8, 4) is 5.69 Å². The highest BCUT2D eigenvalue weighted by Gasteiger charge is 2.40. The summed E-state index contributed by atoms with van der Waals surface area (Å²) in [5, 5.41) is 6.25. The van der Waals surface area contributed by atoms with Gasteiger partial charge in [0, 0.05) is 5.69 Å². The molecule has 1 N–H and O–H groups in total. The molecule has 128 valence electrons. The molecule has 4 nitrogen and oxygen atoms in total. The summed E-state index contributed by atoms with van der Waals surface area (Å²) in [6.45, 7) is 1.82. The Morgan fingerprint density at radius 2 is 1.80 bits per heavy atom. The van der Waals surface area contributed by atoms with Crippen molar-refractivity contribution in [2.75, 3.05) is 5.32 Å². The second-order valence-corrected chi connectivity index (χ2v) is 5.48. The fourth-order valence-electron chi connectivity index (χ4n) is 2.47. The van der Waals surface area contributed by atoms with Crippen LogP contribution in [0, 0.1) is 6.92 Å². The lowest BCUT2D eigenvalue weighted by molar-refractivity contribution is -0.143. The Labute approximate surface area is 141 Å². The zero-order valence-corrected chi connectivity index (χ0v) is 13.2. The summed E-state index contributed by atoms with van der Waals surface area (Å²) in [7, 11) is 0. The van der Waals surface area contributed by atoms with Crippen molar-refractivity contribution in [2.45, 2.75) is 13.1 Å². The lowest BCUT2D eigenvalue weighted by atomic mass is 10.2. The van der Waals surface area contributed by atoms with E-state index in [0.717, 1.165) is 16.4 Å².